The molecule has 6 nitrogen and oxygen atoms in total. The molecule has 0 aromatic heterocycles. The highest BCUT2D eigenvalue weighted by Gasteiger charge is 2.46. The van der Waals surface area contributed by atoms with E-state index in [9.17, 15) is 4.79 Å². The smallest absolute Gasteiger partial charge is 0.330 e. The van der Waals surface area contributed by atoms with Crippen LogP contribution in [-0.2, 0) is 34.5 Å². The van der Waals surface area contributed by atoms with Crippen LogP contribution in [0.5, 0.6) is 0 Å². The summed E-state index contributed by atoms with van der Waals surface area (Å²) in [5.41, 5.74) is 4.26. The Balaban J connectivity index is 2.59. The number of allylic oxidation sites excluding steroid dienone is 3. The van der Waals surface area contributed by atoms with Crippen LogP contribution < -0.4 is 0 Å². The SMILES string of the molecule is CC[Si](CC)(CC)O[C@]1(C)CC/C=C(/CO[Si](C(C)C)(C(C)C)C(C)C)C[C@H](/C=C(C)/C=C\OCc2ccccc2)O[C@@H]1/C=C/C(=O)OC(C)C. The minimum atomic E-state index is -2.09. The number of ether oxygens (including phenoxy) is 3. The Labute approximate surface area is 314 Å². The first-order valence-corrected chi connectivity index (χ1v) is 24.3. The molecule has 0 radical (unpaired) electrons. The fraction of sp³-hybridized carbons (Fsp3) is 0.651. The third-order valence-electron chi connectivity index (χ3n) is 10.8. The Morgan fingerprint density at radius 1 is 0.922 bits per heavy atom. The molecular weight excluding hydrogens is 669 g/mol. The van der Waals surface area contributed by atoms with Crippen molar-refractivity contribution < 1.29 is 27.9 Å². The zero-order valence-corrected chi connectivity index (χ0v) is 36.4. The number of rotatable bonds is 19. The van der Waals surface area contributed by atoms with Crippen LogP contribution in [0.4, 0.5) is 0 Å². The molecule has 1 aliphatic heterocycles. The van der Waals surface area contributed by atoms with E-state index >= 15 is 0 Å². The maximum Gasteiger partial charge on any atom is 0.330 e. The minimum Gasteiger partial charge on any atom is -0.497 e. The van der Waals surface area contributed by atoms with E-state index in [-0.39, 0.29) is 18.2 Å². The zero-order valence-electron chi connectivity index (χ0n) is 34.4. The molecule has 0 spiro atoms. The number of esters is 1. The summed E-state index contributed by atoms with van der Waals surface area (Å²) >= 11 is 0. The van der Waals surface area contributed by atoms with Crippen molar-refractivity contribution in [2.45, 2.75) is 175 Å². The largest absolute Gasteiger partial charge is 0.497 e. The summed E-state index contributed by atoms with van der Waals surface area (Å²) in [6.07, 6.45) is 13.1. The molecule has 0 N–H and O–H groups in total. The molecule has 3 atom stereocenters. The standard InChI is InChI=1S/C43H72O6Si2/c1-14-50(15-2,16-3)49-43(13)27-20-23-39(32-46-51(34(6)7,35(8)9)36(10)11)30-40(48-41(43)24-25-42(44)47-33(4)5)29-37(12)26-28-45-31-38-21-18-17-19-22-38/h17-19,21-26,28-29,33-36,40-41H,14-16,20,27,30-32H2,1-13H3/b25-24+,28-26-,37-29+,39-23+/t40-,41+,43+/m0/s1. The van der Waals surface area contributed by atoms with Crippen LogP contribution in [0, 0.1) is 0 Å². The third kappa shape index (κ3) is 13.6. The second-order valence-corrected chi connectivity index (χ2v) is 26.0. The highest BCUT2D eigenvalue weighted by molar-refractivity contribution is 6.77. The first-order chi connectivity index (χ1) is 24.1. The second kappa shape index (κ2) is 21.5. The van der Waals surface area contributed by atoms with E-state index in [0.29, 0.717) is 36.3 Å². The molecule has 0 bridgehead atoms. The molecule has 1 aliphatic rings. The van der Waals surface area contributed by atoms with Crippen molar-refractivity contribution in [2.24, 2.45) is 0 Å². The number of benzene rings is 1. The van der Waals surface area contributed by atoms with E-state index in [4.69, 9.17) is 23.1 Å². The molecule has 0 fully saturated rings. The quantitative estimate of drug-likeness (QED) is 0.0351. The van der Waals surface area contributed by atoms with E-state index in [0.717, 1.165) is 42.1 Å². The Hall–Kier alpha value is -2.24. The van der Waals surface area contributed by atoms with Gasteiger partial charge in [-0.2, -0.15) is 0 Å². The summed E-state index contributed by atoms with van der Waals surface area (Å²) in [6, 6.07) is 13.2. The van der Waals surface area contributed by atoms with Crippen LogP contribution in [0.25, 0.3) is 0 Å². The van der Waals surface area contributed by atoms with Gasteiger partial charge in [0.05, 0.1) is 30.7 Å². The highest BCUT2D eigenvalue weighted by atomic mass is 28.4. The molecule has 2 rings (SSSR count). The normalized spacial score (nSPS) is 22.5. The molecule has 288 valence electrons. The molecule has 1 aromatic rings. The lowest BCUT2D eigenvalue weighted by atomic mass is 9.92. The fourth-order valence-corrected chi connectivity index (χ4v) is 16.4. The summed E-state index contributed by atoms with van der Waals surface area (Å²) in [6.45, 7) is 29.9. The maximum atomic E-state index is 12.8. The van der Waals surface area contributed by atoms with Gasteiger partial charge in [-0.15, -0.1) is 0 Å². The molecule has 0 saturated heterocycles. The van der Waals surface area contributed by atoms with Crippen LogP contribution in [0.2, 0.25) is 34.8 Å². The number of carbonyl (C=O) groups excluding carboxylic acids is 1. The van der Waals surface area contributed by atoms with Crippen LogP contribution in [0.3, 0.4) is 0 Å². The Kier molecular flexibility index (Phi) is 18.9. The minimum absolute atomic E-state index is 0.203. The van der Waals surface area contributed by atoms with Crippen molar-refractivity contribution in [3.63, 3.8) is 0 Å². The molecule has 1 heterocycles. The third-order valence-corrected chi connectivity index (χ3v) is 21.6. The van der Waals surface area contributed by atoms with E-state index in [1.807, 2.05) is 44.2 Å². The fourth-order valence-electron chi connectivity index (χ4n) is 7.84. The lowest BCUT2D eigenvalue weighted by Gasteiger charge is -2.44. The Morgan fingerprint density at radius 2 is 1.53 bits per heavy atom. The van der Waals surface area contributed by atoms with Gasteiger partial charge in [-0.3, -0.25) is 0 Å². The van der Waals surface area contributed by atoms with Gasteiger partial charge < -0.3 is 23.1 Å². The van der Waals surface area contributed by atoms with Crippen molar-refractivity contribution in [2.75, 3.05) is 6.61 Å². The van der Waals surface area contributed by atoms with E-state index in [1.165, 1.54) is 11.6 Å². The van der Waals surface area contributed by atoms with Crippen molar-refractivity contribution >= 4 is 22.6 Å². The summed E-state index contributed by atoms with van der Waals surface area (Å²) in [5.74, 6) is -0.368. The maximum absolute atomic E-state index is 12.8. The summed E-state index contributed by atoms with van der Waals surface area (Å²) < 4.78 is 33.0. The van der Waals surface area contributed by atoms with Gasteiger partial charge in [-0.05, 0) is 104 Å². The van der Waals surface area contributed by atoms with Gasteiger partial charge in [0.15, 0.2) is 8.32 Å². The van der Waals surface area contributed by atoms with Crippen LogP contribution in [0.1, 0.15) is 115 Å². The van der Waals surface area contributed by atoms with Gasteiger partial charge in [0.2, 0.25) is 8.32 Å². The van der Waals surface area contributed by atoms with Gasteiger partial charge in [-0.25, -0.2) is 4.79 Å². The molecule has 0 saturated carbocycles. The summed E-state index contributed by atoms with van der Waals surface area (Å²) in [5, 5.41) is 0. The average Bonchev–Trinajstić information content (AvgIpc) is 3.12. The highest BCUT2D eigenvalue weighted by Crippen LogP contribution is 2.43. The van der Waals surface area contributed by atoms with Crippen molar-refractivity contribution in [1.29, 1.82) is 0 Å². The molecular formula is C43H72O6Si2. The number of carbonyl (C=O) groups is 1. The lowest BCUT2D eigenvalue weighted by molar-refractivity contribution is -0.141. The Bertz CT molecular complexity index is 1260. The zero-order chi connectivity index (χ0) is 38.2. The van der Waals surface area contributed by atoms with Crippen molar-refractivity contribution in [3.8, 4) is 0 Å². The average molecular weight is 741 g/mol. The summed E-state index contributed by atoms with van der Waals surface area (Å²) in [7, 11) is -4.16. The molecule has 51 heavy (non-hydrogen) atoms. The number of hydrogen-bond donors (Lipinski definition) is 0. The monoisotopic (exact) mass is 740 g/mol. The first kappa shape index (κ1) is 44.9. The van der Waals surface area contributed by atoms with E-state index in [1.54, 1.807) is 6.26 Å². The van der Waals surface area contributed by atoms with Gasteiger partial charge >= 0.3 is 5.97 Å². The second-order valence-electron chi connectivity index (χ2n) is 15.8. The molecule has 0 amide bonds. The topological polar surface area (TPSA) is 63.2 Å². The van der Waals surface area contributed by atoms with Crippen molar-refractivity contribution in [1.82, 2.24) is 0 Å². The van der Waals surface area contributed by atoms with Gasteiger partial charge in [0.1, 0.15) is 12.7 Å². The Morgan fingerprint density at radius 3 is 2.08 bits per heavy atom. The molecule has 8 heteroatoms. The van der Waals surface area contributed by atoms with Crippen LogP contribution in [0.15, 0.2) is 78.1 Å². The first-order valence-electron chi connectivity index (χ1n) is 19.6. The van der Waals surface area contributed by atoms with Gasteiger partial charge in [-0.1, -0.05) is 105 Å². The molecule has 0 aliphatic carbocycles. The molecule has 1 aromatic carbocycles. The van der Waals surface area contributed by atoms with Gasteiger partial charge in [0, 0.05) is 12.5 Å². The lowest BCUT2D eigenvalue weighted by Crippen LogP contribution is -2.52. The predicted octanol–water partition coefficient (Wildman–Crippen LogP) is 12.0. The van der Waals surface area contributed by atoms with Crippen LogP contribution >= 0.6 is 0 Å². The number of hydrogen-bond acceptors (Lipinski definition) is 6. The molecule has 0 unspecified atom stereocenters. The summed E-state index contributed by atoms with van der Waals surface area (Å²) in [4.78, 5) is 12.8. The van der Waals surface area contributed by atoms with E-state index in [2.05, 4.69) is 100 Å². The van der Waals surface area contributed by atoms with Crippen LogP contribution in [-0.4, -0.2) is 53.1 Å². The van der Waals surface area contributed by atoms with Gasteiger partial charge in [0.25, 0.3) is 0 Å². The van der Waals surface area contributed by atoms with Crippen molar-refractivity contribution in [3.05, 3.63) is 83.7 Å². The predicted molar refractivity (Wildman–Crippen MR) is 219 cm³/mol. The van der Waals surface area contributed by atoms with E-state index < -0.39 is 28.3 Å².